The van der Waals surface area contributed by atoms with Gasteiger partial charge >= 0.3 is 5.97 Å². The second-order valence-electron chi connectivity index (χ2n) is 6.72. The number of carboxylic acid groups (broad SMARTS) is 1. The number of carbonyl (C=O) groups is 3. The normalized spacial score (nSPS) is 12.7. The van der Waals surface area contributed by atoms with Crippen LogP contribution in [0, 0.1) is 19.7 Å². The molecule has 2 amide bonds. The molecule has 0 aromatic heterocycles. The fraction of sp³-hybridized carbons (Fsp3) is 0.286. The maximum absolute atomic E-state index is 13.5. The lowest BCUT2D eigenvalue weighted by molar-refractivity contribution is -0.142. The lowest BCUT2D eigenvalue weighted by Crippen LogP contribution is -2.37. The second-order valence-corrected chi connectivity index (χ2v) is 6.72. The summed E-state index contributed by atoms with van der Waals surface area (Å²) in [7, 11) is 0. The Kier molecular flexibility index (Phi) is 6.87. The van der Waals surface area contributed by atoms with E-state index >= 15 is 0 Å². The number of carbonyl (C=O) groups excluding carboxylic acids is 2. The average molecular weight is 386 g/mol. The van der Waals surface area contributed by atoms with Gasteiger partial charge in [-0.1, -0.05) is 42.0 Å². The van der Waals surface area contributed by atoms with E-state index < -0.39 is 29.8 Å². The van der Waals surface area contributed by atoms with Crippen molar-refractivity contribution in [2.24, 2.45) is 0 Å². The minimum atomic E-state index is -1.32. The van der Waals surface area contributed by atoms with Gasteiger partial charge in [-0.05, 0) is 36.6 Å². The van der Waals surface area contributed by atoms with E-state index in [4.69, 9.17) is 0 Å². The van der Waals surface area contributed by atoms with Crippen LogP contribution in [0.4, 0.5) is 4.39 Å². The van der Waals surface area contributed by atoms with Crippen LogP contribution in [0.25, 0.3) is 0 Å². The predicted molar refractivity (Wildman–Crippen MR) is 102 cm³/mol. The summed E-state index contributed by atoms with van der Waals surface area (Å²) >= 11 is 0. The van der Waals surface area contributed by atoms with Crippen LogP contribution in [0.15, 0.2) is 42.5 Å². The lowest BCUT2D eigenvalue weighted by Gasteiger charge is -2.21. The van der Waals surface area contributed by atoms with Gasteiger partial charge in [0.2, 0.25) is 11.8 Å². The van der Waals surface area contributed by atoms with Gasteiger partial charge in [0.15, 0.2) is 6.04 Å². The van der Waals surface area contributed by atoms with Gasteiger partial charge in [0.05, 0.1) is 12.5 Å². The van der Waals surface area contributed by atoms with Crippen LogP contribution in [0.5, 0.6) is 0 Å². The van der Waals surface area contributed by atoms with Crippen molar-refractivity contribution in [2.45, 2.75) is 39.3 Å². The van der Waals surface area contributed by atoms with E-state index in [0.29, 0.717) is 0 Å². The highest BCUT2D eigenvalue weighted by Gasteiger charge is 2.25. The molecule has 6 nitrogen and oxygen atoms in total. The number of aryl methyl sites for hydroxylation is 2. The minimum absolute atomic E-state index is 0.132. The molecule has 0 heterocycles. The summed E-state index contributed by atoms with van der Waals surface area (Å²) in [6.45, 7) is 4.79. The first-order valence-corrected chi connectivity index (χ1v) is 8.79. The van der Waals surface area contributed by atoms with Gasteiger partial charge in [-0.25, -0.2) is 9.18 Å². The molecule has 0 fully saturated rings. The Morgan fingerprint density at radius 2 is 1.61 bits per heavy atom. The quantitative estimate of drug-likeness (QED) is 0.682. The highest BCUT2D eigenvalue weighted by atomic mass is 19.1. The fourth-order valence-corrected chi connectivity index (χ4v) is 2.84. The summed E-state index contributed by atoms with van der Waals surface area (Å²) in [6, 6.07) is 9.31. The first-order valence-electron chi connectivity index (χ1n) is 8.79. The zero-order valence-corrected chi connectivity index (χ0v) is 16.0. The molecular formula is C21H23FN2O4. The van der Waals surface area contributed by atoms with Gasteiger partial charge in [-0.3, -0.25) is 9.59 Å². The highest BCUT2D eigenvalue weighted by Crippen LogP contribution is 2.21. The van der Waals surface area contributed by atoms with Crippen LogP contribution in [0.3, 0.4) is 0 Å². The third-order valence-corrected chi connectivity index (χ3v) is 4.31. The van der Waals surface area contributed by atoms with Crippen LogP contribution in [0.2, 0.25) is 0 Å². The van der Waals surface area contributed by atoms with Gasteiger partial charge in [0.1, 0.15) is 5.82 Å². The predicted octanol–water partition coefficient (Wildman–Crippen LogP) is 2.95. The van der Waals surface area contributed by atoms with E-state index in [-0.39, 0.29) is 23.5 Å². The average Bonchev–Trinajstić information content (AvgIpc) is 2.61. The summed E-state index contributed by atoms with van der Waals surface area (Å²) < 4.78 is 13.5. The molecule has 0 radical (unpaired) electrons. The molecule has 0 aliphatic carbocycles. The van der Waals surface area contributed by atoms with Gasteiger partial charge in [-0.2, -0.15) is 0 Å². The zero-order chi connectivity index (χ0) is 20.8. The number of rotatable bonds is 7. The van der Waals surface area contributed by atoms with Gasteiger partial charge < -0.3 is 15.7 Å². The Labute approximate surface area is 162 Å². The number of benzene rings is 2. The molecule has 7 heteroatoms. The smallest absolute Gasteiger partial charge is 0.330 e. The summed E-state index contributed by atoms with van der Waals surface area (Å²) in [6.07, 6.45) is -0.132. The number of halogens is 1. The molecule has 0 spiro atoms. The molecule has 2 atom stereocenters. The van der Waals surface area contributed by atoms with Crippen LogP contribution in [-0.4, -0.2) is 22.9 Å². The molecule has 2 unspecified atom stereocenters. The third kappa shape index (κ3) is 5.64. The molecule has 0 aliphatic rings. The molecule has 2 rings (SSSR count). The topological polar surface area (TPSA) is 95.5 Å². The van der Waals surface area contributed by atoms with Crippen molar-refractivity contribution >= 4 is 17.8 Å². The molecule has 0 saturated carbocycles. The number of amides is 2. The molecule has 28 heavy (non-hydrogen) atoms. The van der Waals surface area contributed by atoms with E-state index in [9.17, 15) is 23.9 Å². The van der Waals surface area contributed by atoms with Crippen LogP contribution in [0.1, 0.15) is 47.7 Å². The molecule has 148 valence electrons. The van der Waals surface area contributed by atoms with E-state index in [1.807, 2.05) is 19.1 Å². The van der Waals surface area contributed by atoms with Crippen molar-refractivity contribution in [3.63, 3.8) is 0 Å². The zero-order valence-electron chi connectivity index (χ0n) is 16.0. The molecule has 2 aromatic rings. The van der Waals surface area contributed by atoms with Crippen molar-refractivity contribution in [2.75, 3.05) is 0 Å². The Balaban J connectivity index is 2.18. The van der Waals surface area contributed by atoms with Crippen molar-refractivity contribution in [3.05, 3.63) is 70.5 Å². The van der Waals surface area contributed by atoms with E-state index in [1.165, 1.54) is 32.0 Å². The number of carboxylic acids is 1. The maximum Gasteiger partial charge on any atom is 0.330 e. The third-order valence-electron chi connectivity index (χ3n) is 4.31. The molecule has 0 aliphatic heterocycles. The van der Waals surface area contributed by atoms with Crippen LogP contribution >= 0.6 is 0 Å². The molecule has 0 bridgehead atoms. The van der Waals surface area contributed by atoms with Crippen molar-refractivity contribution < 1.29 is 23.9 Å². The van der Waals surface area contributed by atoms with E-state index in [2.05, 4.69) is 10.6 Å². The Hall–Kier alpha value is -3.22. The number of hydrogen-bond acceptors (Lipinski definition) is 3. The Morgan fingerprint density at radius 1 is 1.00 bits per heavy atom. The summed E-state index contributed by atoms with van der Waals surface area (Å²) in [5.74, 6) is -2.56. The van der Waals surface area contributed by atoms with Gasteiger partial charge in [0.25, 0.3) is 0 Å². The van der Waals surface area contributed by atoms with E-state index in [0.717, 1.165) is 11.1 Å². The summed E-state index contributed by atoms with van der Waals surface area (Å²) in [4.78, 5) is 35.7. The highest BCUT2D eigenvalue weighted by molar-refractivity contribution is 5.85. The van der Waals surface area contributed by atoms with Crippen LogP contribution < -0.4 is 10.6 Å². The summed E-state index contributed by atoms with van der Waals surface area (Å²) in [5, 5.41) is 14.6. The summed E-state index contributed by atoms with van der Waals surface area (Å²) in [5.41, 5.74) is 2.33. The van der Waals surface area contributed by atoms with Crippen molar-refractivity contribution in [3.8, 4) is 0 Å². The van der Waals surface area contributed by atoms with E-state index in [1.54, 1.807) is 12.1 Å². The molecule has 0 saturated heterocycles. The van der Waals surface area contributed by atoms with Gasteiger partial charge in [0, 0.05) is 6.92 Å². The number of aliphatic carboxylic acids is 1. The fourth-order valence-electron chi connectivity index (χ4n) is 2.84. The van der Waals surface area contributed by atoms with Crippen molar-refractivity contribution in [1.29, 1.82) is 0 Å². The molecular weight excluding hydrogens is 363 g/mol. The molecule has 3 N–H and O–H groups in total. The first-order chi connectivity index (χ1) is 13.2. The lowest BCUT2D eigenvalue weighted by atomic mass is 10.0. The van der Waals surface area contributed by atoms with Crippen molar-refractivity contribution in [1.82, 2.24) is 10.6 Å². The Morgan fingerprint density at radius 3 is 2.14 bits per heavy atom. The Bertz CT molecular complexity index is 880. The monoisotopic (exact) mass is 386 g/mol. The maximum atomic E-state index is 13.5. The number of nitrogens with one attached hydrogen (secondary N) is 2. The largest absolute Gasteiger partial charge is 0.479 e. The number of hydrogen-bond donors (Lipinski definition) is 3. The SMILES string of the molecule is CC(=O)NC(CC(=O)NC(C(=O)O)c1ccc(F)c(C)c1)c1ccc(C)cc1. The minimum Gasteiger partial charge on any atom is -0.479 e. The second kappa shape index (κ2) is 9.12. The standard InChI is InChI=1S/C21H23FN2O4/c1-12-4-6-15(7-5-12)18(23-14(3)25)11-19(26)24-20(21(27)28)16-8-9-17(22)13(2)10-16/h4-10,18,20H,11H2,1-3H3,(H,23,25)(H,24,26)(H,27,28). The van der Waals surface area contributed by atoms with Gasteiger partial charge in [-0.15, -0.1) is 0 Å². The first kappa shape index (κ1) is 21.1. The molecule has 2 aromatic carbocycles. The van der Waals surface area contributed by atoms with Crippen LogP contribution in [-0.2, 0) is 14.4 Å².